The summed E-state index contributed by atoms with van der Waals surface area (Å²) in [6, 6.07) is 18.7. The predicted molar refractivity (Wildman–Crippen MR) is 361 cm³/mol. The van der Waals surface area contributed by atoms with Gasteiger partial charge in [0.2, 0.25) is 35.4 Å². The van der Waals surface area contributed by atoms with Gasteiger partial charge in [0.15, 0.2) is 11.6 Å². The molecule has 23 heteroatoms. The molecule has 1 aliphatic rings. The lowest BCUT2D eigenvalue weighted by molar-refractivity contribution is -0.119. The van der Waals surface area contributed by atoms with Crippen LogP contribution in [-0.2, 0) is 51.3 Å². The Labute approximate surface area is 542 Å². The van der Waals surface area contributed by atoms with Crippen molar-refractivity contribution < 1.29 is 43.0 Å². The van der Waals surface area contributed by atoms with Gasteiger partial charge < -0.3 is 41.4 Å². The highest BCUT2D eigenvalue weighted by atomic mass is 35.5. The van der Waals surface area contributed by atoms with Crippen molar-refractivity contribution in [3.05, 3.63) is 134 Å². The first-order chi connectivity index (χ1) is 42.7. The molecule has 6 aromatic rings. The molecule has 0 aromatic carbocycles. The molecule has 6 N–H and O–H groups in total. The van der Waals surface area contributed by atoms with Crippen LogP contribution in [0.2, 0.25) is 5.02 Å². The molecule has 0 aliphatic heterocycles. The molecule has 91 heavy (non-hydrogen) atoms. The SMILES string of the molecule is CCc1ccc(C)nc1NC(=O)C(C)C.COC(=O)c1ccc(C)nc1NC(=O)C(C)C.COCc1ccc(C)nc1NC(=O)C(C)C.Cc1ccc(C2CC2)c(NC(=O)C(C)C)n1.Cc1ccc(Cl)c(NC(=O)C(C)C)n1.Cc1cncc(NC(=O)C(C)C)n1. The molecular weight excluding hydrogens is 1180 g/mol. The number of nitrogens with zero attached hydrogens (tertiary/aromatic N) is 7. The molecule has 0 radical (unpaired) electrons. The van der Waals surface area contributed by atoms with Gasteiger partial charge in [0, 0.05) is 82.8 Å². The third-order valence-corrected chi connectivity index (χ3v) is 13.1. The van der Waals surface area contributed by atoms with Gasteiger partial charge in [-0.3, -0.25) is 33.8 Å². The molecule has 0 unspecified atom stereocenters. The van der Waals surface area contributed by atoms with Crippen LogP contribution in [0.4, 0.5) is 34.9 Å². The van der Waals surface area contributed by atoms with E-state index >= 15 is 0 Å². The summed E-state index contributed by atoms with van der Waals surface area (Å²) < 4.78 is 9.69. The lowest BCUT2D eigenvalue weighted by Crippen LogP contribution is -2.21. The molecule has 494 valence electrons. The minimum absolute atomic E-state index is 0.00522. The average molecular weight is 1280 g/mol. The van der Waals surface area contributed by atoms with E-state index in [-0.39, 0.29) is 82.3 Å². The van der Waals surface area contributed by atoms with Gasteiger partial charge in [0.1, 0.15) is 28.8 Å². The van der Waals surface area contributed by atoms with Gasteiger partial charge in [-0.1, -0.05) is 120 Å². The molecule has 7 rings (SSSR count). The van der Waals surface area contributed by atoms with Gasteiger partial charge in [0.25, 0.3) is 0 Å². The number of anilines is 6. The first kappa shape index (κ1) is 78.5. The van der Waals surface area contributed by atoms with Crippen LogP contribution in [0.25, 0.3) is 0 Å². The Morgan fingerprint density at radius 3 is 1.23 bits per heavy atom. The second-order valence-electron chi connectivity index (χ2n) is 23.4. The Kier molecular flexibility index (Phi) is 34.0. The summed E-state index contributed by atoms with van der Waals surface area (Å²) in [6.45, 7) is 35.8. The van der Waals surface area contributed by atoms with Crippen molar-refractivity contribution >= 4 is 87.9 Å². The number of esters is 1. The molecule has 0 spiro atoms. The Morgan fingerprint density at radius 2 is 0.802 bits per heavy atom. The molecule has 22 nitrogen and oxygen atoms in total. The van der Waals surface area contributed by atoms with Crippen LogP contribution >= 0.6 is 11.6 Å². The van der Waals surface area contributed by atoms with Gasteiger partial charge in [0.05, 0.1) is 30.6 Å². The third-order valence-electron chi connectivity index (χ3n) is 12.8. The maximum atomic E-state index is 11.7. The quantitative estimate of drug-likeness (QED) is 0.0463. The first-order valence-corrected chi connectivity index (χ1v) is 30.8. The fourth-order valence-electron chi connectivity index (χ4n) is 6.99. The molecular formula is C68H96ClN13O9. The van der Waals surface area contributed by atoms with Gasteiger partial charge in [-0.2, -0.15) is 0 Å². The van der Waals surface area contributed by atoms with E-state index in [1.807, 2.05) is 134 Å². The zero-order valence-electron chi connectivity index (χ0n) is 57.0. The Balaban J connectivity index is 0.000000373. The monoisotopic (exact) mass is 1270 g/mol. The fourth-order valence-corrected chi connectivity index (χ4v) is 7.14. The van der Waals surface area contributed by atoms with Crippen LogP contribution in [0.5, 0.6) is 0 Å². The van der Waals surface area contributed by atoms with Crippen LogP contribution in [0, 0.1) is 77.0 Å². The summed E-state index contributed by atoms with van der Waals surface area (Å²) in [4.78, 5) is 110. The van der Waals surface area contributed by atoms with E-state index < -0.39 is 5.97 Å². The Hall–Kier alpha value is -8.63. The number of carbonyl (C=O) groups excluding carboxylic acids is 7. The summed E-state index contributed by atoms with van der Waals surface area (Å²) in [5, 5.41) is 17.0. The number of amides is 6. The van der Waals surface area contributed by atoms with E-state index in [4.69, 9.17) is 16.3 Å². The molecule has 6 aromatic heterocycles. The van der Waals surface area contributed by atoms with Crippen molar-refractivity contribution in [2.45, 2.75) is 163 Å². The van der Waals surface area contributed by atoms with Crippen molar-refractivity contribution in [1.82, 2.24) is 34.9 Å². The number of nitrogens with one attached hydrogen (secondary N) is 6. The average Bonchev–Trinajstić information content (AvgIpc) is 2.21. The van der Waals surface area contributed by atoms with Crippen molar-refractivity contribution in [2.75, 3.05) is 46.1 Å². The maximum absolute atomic E-state index is 11.7. The van der Waals surface area contributed by atoms with Gasteiger partial charge in [-0.15, -0.1) is 0 Å². The highest BCUT2D eigenvalue weighted by Gasteiger charge is 2.28. The van der Waals surface area contributed by atoms with E-state index in [2.05, 4.69) is 84.5 Å². The number of methoxy groups -OCH3 is 2. The smallest absolute Gasteiger partial charge is 0.341 e. The molecule has 1 fully saturated rings. The van der Waals surface area contributed by atoms with Crippen LogP contribution in [0.3, 0.4) is 0 Å². The number of rotatable bonds is 17. The van der Waals surface area contributed by atoms with Crippen molar-refractivity contribution in [1.29, 1.82) is 0 Å². The standard InChI is InChI=1S/C13H18N2O.C12H16N2O3.C12H18N2O2.C12H18N2O.C10H13ClN2O.C9H13N3O/c1-8(2)13(16)15-12-11(10-5-6-10)7-4-9(3)14-12;1-7(2)11(15)14-10-9(12(16)17-4)6-5-8(3)13-10;1-8(2)12(15)14-11-10(7-16-4)6-5-9(3)13-11;1-5-10-7-6-9(4)13-11(10)14-12(15)8(2)3;1-6(2)10(14)13-9-8(11)5-4-7(3)12-9;1-6(2)9(13)12-8-5-10-4-7(3)11-8/h4,7-8,10H,5-6H2,1-3H3,(H,14,15,16);5-7H,1-4H3,(H,13,14,15);5-6,8H,7H2,1-4H3,(H,13,14,15);6-8H,5H2,1-4H3,(H,13,14,15);4-6H,1-3H3,(H,12,13,14);4-6H,1-3H3,(H,11,12,13). The zero-order chi connectivity index (χ0) is 68.8. The van der Waals surface area contributed by atoms with E-state index in [1.165, 1.54) is 31.7 Å². The van der Waals surface area contributed by atoms with Crippen LogP contribution in [0.15, 0.2) is 73.1 Å². The molecule has 6 amide bonds. The lowest BCUT2D eigenvalue weighted by atomic mass is 10.1. The highest BCUT2D eigenvalue weighted by Crippen LogP contribution is 2.43. The minimum atomic E-state index is -0.517. The number of ether oxygens (including phenoxy) is 2. The first-order valence-electron chi connectivity index (χ1n) is 30.4. The summed E-state index contributed by atoms with van der Waals surface area (Å²) in [7, 11) is 2.91. The molecule has 0 saturated heterocycles. The lowest BCUT2D eigenvalue weighted by Gasteiger charge is -2.11. The van der Waals surface area contributed by atoms with Gasteiger partial charge in [-0.25, -0.2) is 34.7 Å². The number of carbonyl (C=O) groups is 7. The predicted octanol–water partition coefficient (Wildman–Crippen LogP) is 13.3. The second kappa shape index (κ2) is 39.5. The van der Waals surface area contributed by atoms with Crippen LogP contribution in [-0.4, -0.2) is 90.5 Å². The van der Waals surface area contributed by atoms with Gasteiger partial charge in [-0.05, 0) is 120 Å². The molecule has 6 heterocycles. The summed E-state index contributed by atoms with van der Waals surface area (Å²) in [5.41, 5.74) is 8.50. The number of halogens is 1. The minimum Gasteiger partial charge on any atom is -0.465 e. The highest BCUT2D eigenvalue weighted by molar-refractivity contribution is 6.33. The molecule has 0 bridgehead atoms. The number of aryl methyl sites for hydroxylation is 7. The zero-order valence-corrected chi connectivity index (χ0v) is 57.7. The largest absolute Gasteiger partial charge is 0.465 e. The third kappa shape index (κ3) is 29.3. The maximum Gasteiger partial charge on any atom is 0.341 e. The van der Waals surface area contributed by atoms with Crippen molar-refractivity contribution in [3.8, 4) is 0 Å². The van der Waals surface area contributed by atoms with Crippen molar-refractivity contribution in [3.63, 3.8) is 0 Å². The molecule has 0 atom stereocenters. The fraction of sp³-hybridized carbons (Fsp3) is 0.471. The summed E-state index contributed by atoms with van der Waals surface area (Å²) in [6.07, 6.45) is 6.49. The topological polar surface area (TPSA) is 300 Å². The van der Waals surface area contributed by atoms with E-state index in [9.17, 15) is 33.6 Å². The number of pyridine rings is 5. The number of aromatic nitrogens is 7. The van der Waals surface area contributed by atoms with Crippen LogP contribution < -0.4 is 31.9 Å². The number of hydrogen-bond donors (Lipinski definition) is 6. The summed E-state index contributed by atoms with van der Waals surface area (Å²) in [5.74, 6) is 2.70. The van der Waals surface area contributed by atoms with Crippen LogP contribution in [0.1, 0.15) is 170 Å². The Morgan fingerprint density at radius 1 is 0.440 bits per heavy atom. The van der Waals surface area contributed by atoms with Gasteiger partial charge >= 0.3 is 5.97 Å². The normalized spacial score (nSPS) is 11.2. The number of hydrogen-bond acceptors (Lipinski definition) is 16. The van der Waals surface area contributed by atoms with E-state index in [0.717, 1.165) is 57.5 Å². The van der Waals surface area contributed by atoms with E-state index in [1.54, 1.807) is 58.3 Å². The summed E-state index contributed by atoms with van der Waals surface area (Å²) >= 11 is 5.87. The molecule has 1 aliphatic carbocycles. The second-order valence-corrected chi connectivity index (χ2v) is 23.8. The molecule has 1 saturated carbocycles. The van der Waals surface area contributed by atoms with Crippen molar-refractivity contribution in [2.24, 2.45) is 35.5 Å². The Bertz CT molecular complexity index is 3390. The van der Waals surface area contributed by atoms with E-state index in [0.29, 0.717) is 40.8 Å².